The van der Waals surface area contributed by atoms with Crippen LogP contribution in [0.25, 0.3) is 11.0 Å². The highest BCUT2D eigenvalue weighted by atomic mass is 19.1. The van der Waals surface area contributed by atoms with E-state index in [0.29, 0.717) is 18.0 Å². The summed E-state index contributed by atoms with van der Waals surface area (Å²) in [4.78, 5) is 4.19. The first-order valence-corrected chi connectivity index (χ1v) is 6.65. The Morgan fingerprint density at radius 2 is 2.19 bits per heavy atom. The maximum absolute atomic E-state index is 13.7. The smallest absolute Gasteiger partial charge is 0.201 e. The van der Waals surface area contributed by atoms with Crippen LogP contribution in [0, 0.1) is 5.82 Å². The quantitative estimate of drug-likeness (QED) is 0.780. The Morgan fingerprint density at radius 1 is 1.33 bits per heavy atom. The van der Waals surface area contributed by atoms with E-state index in [1.54, 1.807) is 12.3 Å². The van der Waals surface area contributed by atoms with Crippen molar-refractivity contribution in [2.24, 2.45) is 0 Å². The summed E-state index contributed by atoms with van der Waals surface area (Å²) >= 11 is 0. The Morgan fingerprint density at radius 3 is 2.90 bits per heavy atom. The number of methoxy groups -OCH3 is 1. The molecule has 0 unspecified atom stereocenters. The minimum atomic E-state index is -0.439. The van der Waals surface area contributed by atoms with E-state index in [4.69, 9.17) is 10.5 Å². The molecule has 0 aliphatic carbocycles. The Labute approximate surface area is 120 Å². The molecule has 7 heteroatoms. The molecule has 0 fully saturated rings. The molecule has 6 nitrogen and oxygen atoms in total. The standard InChI is InChI=1S/C14H16FN5O/c1-21-13-9-12-11(8-10(13)15)18-14(16)20(12)7-3-6-19-5-2-4-17-19/h2,4-5,8-9H,3,6-7H2,1H3,(H2,16,18). The molecular weight excluding hydrogens is 273 g/mol. The largest absolute Gasteiger partial charge is 0.494 e. The normalized spacial score (nSPS) is 11.1. The number of nitrogens with zero attached hydrogens (tertiary/aromatic N) is 4. The van der Waals surface area contributed by atoms with Crippen molar-refractivity contribution in [1.29, 1.82) is 0 Å². The van der Waals surface area contributed by atoms with E-state index in [0.717, 1.165) is 18.5 Å². The Bertz CT molecular complexity index is 750. The average molecular weight is 289 g/mol. The highest BCUT2D eigenvalue weighted by Gasteiger charge is 2.12. The molecule has 1 aromatic carbocycles. The van der Waals surface area contributed by atoms with Crippen molar-refractivity contribution in [2.45, 2.75) is 19.5 Å². The molecule has 2 heterocycles. The second-order valence-corrected chi connectivity index (χ2v) is 4.72. The molecular formula is C14H16FN5O. The summed E-state index contributed by atoms with van der Waals surface area (Å²) in [5.74, 6) is 0.125. The van der Waals surface area contributed by atoms with Crippen LogP contribution in [0.15, 0.2) is 30.6 Å². The topological polar surface area (TPSA) is 70.9 Å². The summed E-state index contributed by atoms with van der Waals surface area (Å²) in [6.07, 6.45) is 4.50. The first kappa shape index (κ1) is 13.4. The number of fused-ring (bicyclic) bond motifs is 1. The second-order valence-electron chi connectivity index (χ2n) is 4.72. The Hall–Kier alpha value is -2.57. The predicted molar refractivity (Wildman–Crippen MR) is 77.5 cm³/mol. The van der Waals surface area contributed by atoms with Crippen LogP contribution in [-0.2, 0) is 13.1 Å². The van der Waals surface area contributed by atoms with Crippen LogP contribution in [0.2, 0.25) is 0 Å². The summed E-state index contributed by atoms with van der Waals surface area (Å²) < 4.78 is 22.4. The average Bonchev–Trinajstić information content (AvgIpc) is 3.07. The van der Waals surface area contributed by atoms with Gasteiger partial charge in [0.05, 0.1) is 18.1 Å². The third-order valence-corrected chi connectivity index (χ3v) is 3.38. The monoisotopic (exact) mass is 289 g/mol. The summed E-state index contributed by atoms with van der Waals surface area (Å²) in [5.41, 5.74) is 7.22. The number of hydrogen-bond acceptors (Lipinski definition) is 4. The summed E-state index contributed by atoms with van der Waals surface area (Å²) in [7, 11) is 1.44. The Kier molecular flexibility index (Phi) is 3.47. The van der Waals surface area contributed by atoms with Gasteiger partial charge in [-0.3, -0.25) is 4.68 Å². The van der Waals surface area contributed by atoms with Crippen LogP contribution in [0.5, 0.6) is 5.75 Å². The van der Waals surface area contributed by atoms with Crippen LogP contribution in [0.4, 0.5) is 10.3 Å². The van der Waals surface area contributed by atoms with E-state index >= 15 is 0 Å². The summed E-state index contributed by atoms with van der Waals surface area (Å²) in [6.45, 7) is 1.46. The lowest BCUT2D eigenvalue weighted by Gasteiger charge is -2.08. The number of aryl methyl sites for hydroxylation is 2. The van der Waals surface area contributed by atoms with Crippen molar-refractivity contribution in [1.82, 2.24) is 19.3 Å². The van der Waals surface area contributed by atoms with Crippen LogP contribution < -0.4 is 10.5 Å². The van der Waals surface area contributed by atoms with E-state index in [1.165, 1.54) is 13.2 Å². The highest BCUT2D eigenvalue weighted by molar-refractivity contribution is 5.80. The molecule has 2 N–H and O–H groups in total. The van der Waals surface area contributed by atoms with Gasteiger partial charge >= 0.3 is 0 Å². The zero-order valence-corrected chi connectivity index (χ0v) is 11.7. The molecule has 0 atom stereocenters. The number of nitrogens with two attached hydrogens (primary N) is 1. The third-order valence-electron chi connectivity index (χ3n) is 3.38. The fraction of sp³-hybridized carbons (Fsp3) is 0.286. The number of halogens is 1. The molecule has 110 valence electrons. The first-order chi connectivity index (χ1) is 10.2. The van der Waals surface area contributed by atoms with Crippen molar-refractivity contribution in [3.63, 3.8) is 0 Å². The van der Waals surface area contributed by atoms with Gasteiger partial charge in [-0.25, -0.2) is 9.37 Å². The van der Waals surface area contributed by atoms with Crippen molar-refractivity contribution in [3.8, 4) is 5.75 Å². The van der Waals surface area contributed by atoms with Crippen LogP contribution in [0.1, 0.15) is 6.42 Å². The summed E-state index contributed by atoms with van der Waals surface area (Å²) in [6, 6.07) is 4.85. The number of hydrogen-bond donors (Lipinski definition) is 1. The van der Waals surface area contributed by atoms with Gasteiger partial charge in [-0.05, 0) is 12.5 Å². The molecule has 0 radical (unpaired) electrons. The second kappa shape index (κ2) is 5.43. The van der Waals surface area contributed by atoms with Gasteiger partial charge in [0, 0.05) is 37.6 Å². The van der Waals surface area contributed by atoms with E-state index in [9.17, 15) is 4.39 Å². The van der Waals surface area contributed by atoms with Gasteiger partial charge in [0.2, 0.25) is 5.95 Å². The SMILES string of the molecule is COc1cc2c(cc1F)nc(N)n2CCCn1cccn1. The van der Waals surface area contributed by atoms with Crippen molar-refractivity contribution >= 4 is 17.0 Å². The molecule has 0 aliphatic heterocycles. The molecule has 0 spiro atoms. The van der Waals surface area contributed by atoms with Crippen molar-refractivity contribution in [2.75, 3.05) is 12.8 Å². The van der Waals surface area contributed by atoms with Gasteiger partial charge in [0.15, 0.2) is 11.6 Å². The van der Waals surface area contributed by atoms with E-state index < -0.39 is 5.82 Å². The molecule has 0 bridgehead atoms. The third kappa shape index (κ3) is 2.54. The zero-order chi connectivity index (χ0) is 14.8. The molecule has 3 rings (SSSR count). The maximum atomic E-state index is 13.7. The lowest BCUT2D eigenvalue weighted by Crippen LogP contribution is -2.07. The molecule has 3 aromatic rings. The summed E-state index contributed by atoms with van der Waals surface area (Å²) in [5, 5.41) is 4.15. The van der Waals surface area contributed by atoms with Gasteiger partial charge in [-0.2, -0.15) is 5.10 Å². The van der Waals surface area contributed by atoms with Gasteiger partial charge in [0.1, 0.15) is 0 Å². The van der Waals surface area contributed by atoms with Gasteiger partial charge in [-0.15, -0.1) is 0 Å². The first-order valence-electron chi connectivity index (χ1n) is 6.65. The number of anilines is 1. The van der Waals surface area contributed by atoms with Crippen molar-refractivity contribution < 1.29 is 9.13 Å². The minimum Gasteiger partial charge on any atom is -0.494 e. The Balaban J connectivity index is 1.85. The molecule has 0 saturated carbocycles. The molecule has 0 saturated heterocycles. The number of benzene rings is 1. The lowest BCUT2D eigenvalue weighted by atomic mass is 10.2. The van der Waals surface area contributed by atoms with Crippen LogP contribution >= 0.6 is 0 Å². The van der Waals surface area contributed by atoms with Gasteiger partial charge < -0.3 is 15.0 Å². The highest BCUT2D eigenvalue weighted by Crippen LogP contribution is 2.26. The van der Waals surface area contributed by atoms with Crippen molar-refractivity contribution in [3.05, 3.63) is 36.4 Å². The number of aromatic nitrogens is 4. The number of ether oxygens (including phenoxy) is 1. The zero-order valence-electron chi connectivity index (χ0n) is 11.7. The van der Waals surface area contributed by atoms with Gasteiger partial charge in [0.25, 0.3) is 0 Å². The van der Waals surface area contributed by atoms with E-state index in [2.05, 4.69) is 10.1 Å². The number of nitrogen functional groups attached to an aromatic ring is 1. The molecule has 0 amide bonds. The van der Waals surface area contributed by atoms with Gasteiger partial charge in [-0.1, -0.05) is 0 Å². The van der Waals surface area contributed by atoms with E-state index in [-0.39, 0.29) is 5.75 Å². The van der Waals surface area contributed by atoms with Crippen LogP contribution in [0.3, 0.4) is 0 Å². The molecule has 2 aromatic heterocycles. The fourth-order valence-corrected chi connectivity index (χ4v) is 2.36. The predicted octanol–water partition coefficient (Wildman–Crippen LogP) is 2.05. The lowest BCUT2D eigenvalue weighted by molar-refractivity contribution is 0.387. The fourth-order valence-electron chi connectivity index (χ4n) is 2.36. The molecule has 0 aliphatic rings. The van der Waals surface area contributed by atoms with Crippen LogP contribution in [-0.4, -0.2) is 26.4 Å². The minimum absolute atomic E-state index is 0.190. The number of rotatable bonds is 5. The maximum Gasteiger partial charge on any atom is 0.201 e. The number of imidazole rings is 1. The molecule has 21 heavy (non-hydrogen) atoms. The van der Waals surface area contributed by atoms with E-state index in [1.807, 2.05) is 21.5 Å².